The lowest BCUT2D eigenvalue weighted by atomic mass is 10.1. The summed E-state index contributed by atoms with van der Waals surface area (Å²) in [5.74, 6) is -0.0143. The number of fused-ring (bicyclic) bond motifs is 2. The summed E-state index contributed by atoms with van der Waals surface area (Å²) in [6, 6.07) is 9.87. The largest absolute Gasteiger partial charge is 0.494 e. The third-order valence-electron chi connectivity index (χ3n) is 10.4. The van der Waals surface area contributed by atoms with Crippen LogP contribution in [0.3, 0.4) is 0 Å². The van der Waals surface area contributed by atoms with Crippen molar-refractivity contribution in [1.29, 1.82) is 0 Å². The van der Waals surface area contributed by atoms with Crippen LogP contribution >= 0.6 is 0 Å². The summed E-state index contributed by atoms with van der Waals surface area (Å²) in [6.07, 6.45) is 8.63. The Morgan fingerprint density at radius 1 is 0.766 bits per heavy atom. The number of nitrogens with two attached hydrogens (primary N) is 2. The maximum atomic E-state index is 13.6. The van der Waals surface area contributed by atoms with Crippen LogP contribution in [0.5, 0.6) is 11.5 Å². The number of methoxy groups -OCH3 is 1. The minimum Gasteiger partial charge on any atom is -0.494 e. The molecule has 5 heterocycles. The topological polar surface area (TPSA) is 247 Å². The zero-order valence-electron chi connectivity index (χ0n) is 37.0. The number of nitrogens with one attached hydrogen (secondary N) is 2. The van der Waals surface area contributed by atoms with E-state index in [1.54, 1.807) is 52.8 Å². The average Bonchev–Trinajstić information content (AvgIpc) is 4.06. The maximum absolute atomic E-state index is 13.6. The van der Waals surface area contributed by atoms with Gasteiger partial charge in [0.05, 0.1) is 42.7 Å². The standard InChI is InChI=1S/C37H45N11O6.C7H10N2O/c1-5-48-28(18-23(2)44-48)35(51)43-37-42-27-20-25(34(39)50)22-30(54-15-9-8-10-45-13-16-53-17-14-45)32(27)47(37)12-7-6-11-46-31-26(41-36(46)40-3)19-24(33(38)49)21-29(31)52-4;1-3-9-7(5-10)4-6(2)8-9/h6-9,18-22H,5,10-17H2,1-4H3,(H2,38,49)(H2,39,50)(H,40,41)(H,42,43,51);4-5H,3H2,1-2H3/b7-6+,9-8-;. The monoisotopic (exact) mass is 877 g/mol. The highest BCUT2D eigenvalue weighted by Crippen LogP contribution is 2.33. The van der Waals surface area contributed by atoms with Gasteiger partial charge in [-0.3, -0.25) is 38.8 Å². The Labute approximate surface area is 369 Å². The fourth-order valence-electron chi connectivity index (χ4n) is 7.27. The van der Waals surface area contributed by atoms with Crippen LogP contribution in [0.15, 0.2) is 60.7 Å². The van der Waals surface area contributed by atoms with Gasteiger partial charge in [-0.05, 0) is 64.1 Å². The van der Waals surface area contributed by atoms with Crippen molar-refractivity contribution in [2.75, 3.05) is 64.2 Å². The average molecular weight is 878 g/mol. The normalized spacial score (nSPS) is 13.1. The first kappa shape index (κ1) is 46.2. The number of ether oxygens (including phenoxy) is 3. The van der Waals surface area contributed by atoms with E-state index in [9.17, 15) is 19.2 Å². The highest BCUT2D eigenvalue weighted by atomic mass is 16.5. The van der Waals surface area contributed by atoms with E-state index in [-0.39, 0.29) is 30.2 Å². The Hall–Kier alpha value is -7.32. The van der Waals surface area contributed by atoms with Crippen molar-refractivity contribution in [3.8, 4) is 11.5 Å². The van der Waals surface area contributed by atoms with Crippen LogP contribution in [0.25, 0.3) is 22.1 Å². The van der Waals surface area contributed by atoms with Gasteiger partial charge in [0.25, 0.3) is 5.91 Å². The number of benzene rings is 2. The lowest BCUT2D eigenvalue weighted by Gasteiger charge is -2.25. The van der Waals surface area contributed by atoms with E-state index < -0.39 is 17.7 Å². The molecule has 4 aromatic heterocycles. The number of carbonyl (C=O) groups excluding carboxylic acids is 4. The van der Waals surface area contributed by atoms with Crippen molar-refractivity contribution < 1.29 is 33.4 Å². The van der Waals surface area contributed by atoms with E-state index in [0.29, 0.717) is 82.9 Å². The van der Waals surface area contributed by atoms with Crippen LogP contribution in [-0.4, -0.2) is 121 Å². The molecule has 6 N–H and O–H groups in total. The fraction of sp³-hybridized carbons (Fsp3) is 0.364. The van der Waals surface area contributed by atoms with Gasteiger partial charge in [0, 0.05) is 64.0 Å². The number of aromatic nitrogens is 8. The minimum absolute atomic E-state index is 0.215. The number of primary amides is 2. The van der Waals surface area contributed by atoms with Crippen LogP contribution in [0, 0.1) is 13.8 Å². The van der Waals surface area contributed by atoms with Gasteiger partial charge in [-0.2, -0.15) is 10.2 Å². The molecule has 0 atom stereocenters. The lowest BCUT2D eigenvalue weighted by Crippen LogP contribution is -2.36. The van der Waals surface area contributed by atoms with E-state index in [1.807, 2.05) is 61.1 Å². The number of aldehydes is 1. The summed E-state index contributed by atoms with van der Waals surface area (Å²) in [4.78, 5) is 60.0. The van der Waals surface area contributed by atoms with Crippen LogP contribution in [0.2, 0.25) is 0 Å². The molecule has 64 heavy (non-hydrogen) atoms. The Bertz CT molecular complexity index is 2700. The number of nitrogens with zero attached hydrogens (tertiary/aromatic N) is 9. The molecule has 1 aliphatic rings. The molecule has 20 nitrogen and oxygen atoms in total. The Morgan fingerprint density at radius 2 is 1.33 bits per heavy atom. The molecule has 0 unspecified atom stereocenters. The molecule has 7 rings (SSSR count). The molecule has 0 saturated carbocycles. The molecule has 6 aromatic rings. The number of hydrogen-bond donors (Lipinski definition) is 4. The molecule has 0 bridgehead atoms. The molecule has 0 aliphatic carbocycles. The van der Waals surface area contributed by atoms with E-state index in [4.69, 9.17) is 30.7 Å². The van der Waals surface area contributed by atoms with Gasteiger partial charge in [0.15, 0.2) is 6.29 Å². The number of anilines is 2. The number of amides is 3. The van der Waals surface area contributed by atoms with Crippen molar-refractivity contribution in [2.24, 2.45) is 11.5 Å². The highest BCUT2D eigenvalue weighted by molar-refractivity contribution is 6.04. The maximum Gasteiger partial charge on any atom is 0.276 e. The number of morpholine rings is 1. The van der Waals surface area contributed by atoms with Crippen LogP contribution in [0.1, 0.15) is 66.9 Å². The number of hydrogen-bond acceptors (Lipinski definition) is 13. The lowest BCUT2D eigenvalue weighted by molar-refractivity contribution is 0.0434. The first-order valence-corrected chi connectivity index (χ1v) is 20.9. The minimum atomic E-state index is -0.641. The third kappa shape index (κ3) is 10.6. The number of carbonyl (C=O) groups is 4. The Morgan fingerprint density at radius 3 is 1.91 bits per heavy atom. The molecule has 338 valence electrons. The predicted molar refractivity (Wildman–Crippen MR) is 242 cm³/mol. The smallest absolute Gasteiger partial charge is 0.276 e. The summed E-state index contributed by atoms with van der Waals surface area (Å²) in [5, 5.41) is 14.6. The summed E-state index contributed by atoms with van der Waals surface area (Å²) < 4.78 is 24.3. The second-order valence-corrected chi connectivity index (χ2v) is 14.7. The van der Waals surface area contributed by atoms with Crippen molar-refractivity contribution in [1.82, 2.24) is 43.6 Å². The zero-order chi connectivity index (χ0) is 45.9. The summed E-state index contributed by atoms with van der Waals surface area (Å²) >= 11 is 0. The molecule has 1 saturated heterocycles. The molecule has 2 aromatic carbocycles. The number of imidazole rings is 2. The van der Waals surface area contributed by atoms with Crippen molar-refractivity contribution >= 4 is 58.0 Å². The second kappa shape index (κ2) is 21.2. The van der Waals surface area contributed by atoms with Crippen LogP contribution in [-0.2, 0) is 30.9 Å². The summed E-state index contributed by atoms with van der Waals surface area (Å²) in [5.41, 5.74) is 16.6. The van der Waals surface area contributed by atoms with Gasteiger partial charge in [-0.15, -0.1) is 0 Å². The number of aryl methyl sites for hydroxylation is 4. The summed E-state index contributed by atoms with van der Waals surface area (Å²) in [7, 11) is 3.27. The zero-order valence-corrected chi connectivity index (χ0v) is 37.0. The number of rotatable bonds is 18. The first-order valence-electron chi connectivity index (χ1n) is 20.9. The predicted octanol–water partition coefficient (Wildman–Crippen LogP) is 3.96. The van der Waals surface area contributed by atoms with Crippen LogP contribution < -0.4 is 31.6 Å². The molecule has 1 fully saturated rings. The van der Waals surface area contributed by atoms with Gasteiger partial charge in [-0.25, -0.2) is 9.97 Å². The highest BCUT2D eigenvalue weighted by Gasteiger charge is 2.22. The van der Waals surface area contributed by atoms with E-state index in [0.717, 1.165) is 38.2 Å². The molecule has 0 spiro atoms. The SMILES string of the molecule is CCn1nc(C)cc1C(=O)Nc1nc2cc(C(N)=O)cc(OC/C=C\CN3CCOCC3)c2n1C/C=C/Cn1c(NC)nc2cc(C(N)=O)cc(OC)c21.CCn1nc(C)cc1C=O. The summed E-state index contributed by atoms with van der Waals surface area (Å²) in [6.45, 7) is 13.6. The molecule has 0 radical (unpaired) electrons. The number of allylic oxidation sites excluding steroid dienone is 2. The van der Waals surface area contributed by atoms with Gasteiger partial charge < -0.3 is 40.1 Å². The molecule has 1 aliphatic heterocycles. The van der Waals surface area contributed by atoms with Crippen molar-refractivity contribution in [3.63, 3.8) is 0 Å². The Kier molecular flexibility index (Phi) is 15.3. The van der Waals surface area contributed by atoms with Crippen molar-refractivity contribution in [3.05, 3.63) is 94.6 Å². The Balaban J connectivity index is 0.000000600. The van der Waals surface area contributed by atoms with Crippen molar-refractivity contribution in [2.45, 2.75) is 53.9 Å². The fourth-order valence-corrected chi connectivity index (χ4v) is 7.27. The van der Waals surface area contributed by atoms with E-state index in [1.165, 1.54) is 7.11 Å². The second-order valence-electron chi connectivity index (χ2n) is 14.7. The van der Waals surface area contributed by atoms with Gasteiger partial charge in [-0.1, -0.05) is 24.3 Å². The molecular weight excluding hydrogens is 823 g/mol. The van der Waals surface area contributed by atoms with Gasteiger partial charge in [0.1, 0.15) is 40.5 Å². The first-order chi connectivity index (χ1) is 30.9. The van der Waals surface area contributed by atoms with Gasteiger partial charge >= 0.3 is 0 Å². The van der Waals surface area contributed by atoms with E-state index >= 15 is 0 Å². The molecular formula is C44H55N13O7. The molecule has 20 heteroatoms. The van der Waals surface area contributed by atoms with Gasteiger partial charge in [0.2, 0.25) is 23.7 Å². The third-order valence-corrected chi connectivity index (χ3v) is 10.4. The van der Waals surface area contributed by atoms with Crippen LogP contribution in [0.4, 0.5) is 11.9 Å². The molecule has 3 amide bonds. The van der Waals surface area contributed by atoms with E-state index in [2.05, 4.69) is 30.7 Å². The quantitative estimate of drug-likeness (QED) is 0.0707.